The molecule has 178 valence electrons. The Labute approximate surface area is 201 Å². The number of nitrogens with zero attached hydrogens (tertiary/aromatic N) is 5. The van der Waals surface area contributed by atoms with Gasteiger partial charge in [-0.1, -0.05) is 43.8 Å². The minimum atomic E-state index is -0.0185. The Balaban J connectivity index is 1.49. The fourth-order valence-electron chi connectivity index (χ4n) is 4.58. The maximum atomic E-state index is 12.9. The quantitative estimate of drug-likeness (QED) is 0.563. The van der Waals surface area contributed by atoms with Crippen molar-refractivity contribution in [1.29, 1.82) is 0 Å². The zero-order valence-corrected chi connectivity index (χ0v) is 20.8. The minimum absolute atomic E-state index is 0.0185. The summed E-state index contributed by atoms with van der Waals surface area (Å²) in [5.74, 6) is 1.79. The number of para-hydroxylation sites is 1. The summed E-state index contributed by atoms with van der Waals surface area (Å²) in [6, 6.07) is 6.24. The average Bonchev–Trinajstić information content (AvgIpc) is 2.88. The molecule has 0 unspecified atom stereocenters. The molecule has 33 heavy (non-hydrogen) atoms. The van der Waals surface area contributed by atoms with Crippen molar-refractivity contribution < 1.29 is 4.79 Å². The van der Waals surface area contributed by atoms with Crippen molar-refractivity contribution in [2.24, 2.45) is 0 Å². The molecule has 2 fully saturated rings. The number of benzene rings is 1. The Kier molecular flexibility index (Phi) is 8.42. The summed E-state index contributed by atoms with van der Waals surface area (Å²) in [6.45, 7) is 8.19. The van der Waals surface area contributed by atoms with Crippen LogP contribution in [0.4, 0.5) is 17.6 Å². The van der Waals surface area contributed by atoms with Crippen molar-refractivity contribution in [2.75, 3.05) is 47.0 Å². The molecule has 2 aliphatic heterocycles. The third kappa shape index (κ3) is 6.16. The first-order valence-corrected chi connectivity index (χ1v) is 13.5. The highest BCUT2D eigenvalue weighted by Gasteiger charge is 2.21. The van der Waals surface area contributed by atoms with Crippen molar-refractivity contribution in [3.05, 3.63) is 29.3 Å². The molecule has 1 amide bonds. The maximum absolute atomic E-state index is 12.9. The smallest absolute Gasteiger partial charge is 0.234 e. The predicted octanol–water partition coefficient (Wildman–Crippen LogP) is 4.71. The molecule has 0 atom stereocenters. The number of amides is 1. The van der Waals surface area contributed by atoms with Crippen molar-refractivity contribution >= 4 is 35.3 Å². The molecule has 7 nitrogen and oxygen atoms in total. The second-order valence-corrected chi connectivity index (χ2v) is 9.75. The lowest BCUT2D eigenvalue weighted by atomic mass is 10.0. The van der Waals surface area contributed by atoms with E-state index in [0.29, 0.717) is 5.16 Å². The average molecular weight is 469 g/mol. The molecule has 1 N–H and O–H groups in total. The molecule has 0 radical (unpaired) electrons. The molecule has 2 saturated heterocycles. The first-order valence-electron chi connectivity index (χ1n) is 12.5. The number of nitrogens with one attached hydrogen (secondary N) is 1. The largest absolute Gasteiger partial charge is 0.341 e. The highest BCUT2D eigenvalue weighted by Crippen LogP contribution is 2.26. The van der Waals surface area contributed by atoms with Crippen LogP contribution in [0.5, 0.6) is 0 Å². The zero-order chi connectivity index (χ0) is 23.0. The third-order valence-electron chi connectivity index (χ3n) is 6.46. The van der Waals surface area contributed by atoms with E-state index in [1.165, 1.54) is 61.4 Å². The first-order chi connectivity index (χ1) is 16.2. The monoisotopic (exact) mass is 468 g/mol. The van der Waals surface area contributed by atoms with Crippen molar-refractivity contribution in [3.63, 3.8) is 0 Å². The molecule has 3 heterocycles. The lowest BCUT2D eigenvalue weighted by molar-refractivity contribution is -0.113. The lowest BCUT2D eigenvalue weighted by Gasteiger charge is -2.30. The van der Waals surface area contributed by atoms with E-state index in [2.05, 4.69) is 47.2 Å². The number of thioether (sulfide) groups is 1. The highest BCUT2D eigenvalue weighted by molar-refractivity contribution is 7.99. The summed E-state index contributed by atoms with van der Waals surface area (Å²) in [6.07, 6.45) is 9.00. The molecule has 1 aromatic heterocycles. The number of carbonyl (C=O) groups excluding carboxylic acids is 1. The predicted molar refractivity (Wildman–Crippen MR) is 137 cm³/mol. The van der Waals surface area contributed by atoms with E-state index in [4.69, 9.17) is 15.0 Å². The van der Waals surface area contributed by atoms with Crippen LogP contribution < -0.4 is 15.1 Å². The molecule has 8 heteroatoms. The van der Waals surface area contributed by atoms with Crippen LogP contribution in [0, 0.1) is 0 Å². The number of rotatable bonds is 8. The number of aromatic nitrogens is 3. The molecule has 4 rings (SSSR count). The summed E-state index contributed by atoms with van der Waals surface area (Å²) < 4.78 is 0. The molecule has 2 aromatic rings. The van der Waals surface area contributed by atoms with Gasteiger partial charge in [0.25, 0.3) is 0 Å². The molecular formula is C25H36N6OS. The molecule has 2 aliphatic rings. The van der Waals surface area contributed by atoms with Gasteiger partial charge in [-0.3, -0.25) is 4.79 Å². The van der Waals surface area contributed by atoms with Gasteiger partial charge in [-0.25, -0.2) is 0 Å². The number of piperidine rings is 2. The molecule has 1 aromatic carbocycles. The van der Waals surface area contributed by atoms with Crippen LogP contribution in [0.3, 0.4) is 0 Å². The van der Waals surface area contributed by atoms with E-state index < -0.39 is 0 Å². The van der Waals surface area contributed by atoms with E-state index in [0.717, 1.165) is 56.6 Å². The van der Waals surface area contributed by atoms with Crippen LogP contribution >= 0.6 is 11.8 Å². The van der Waals surface area contributed by atoms with Crippen LogP contribution in [0.25, 0.3) is 0 Å². The summed E-state index contributed by atoms with van der Waals surface area (Å²) in [7, 11) is 0. The number of aryl methyl sites for hydroxylation is 2. The first kappa shape index (κ1) is 23.8. The Bertz CT molecular complexity index is 882. The van der Waals surface area contributed by atoms with Crippen LogP contribution in [-0.2, 0) is 17.6 Å². The van der Waals surface area contributed by atoms with Crippen molar-refractivity contribution in [2.45, 2.75) is 70.4 Å². The Morgan fingerprint density at radius 2 is 1.36 bits per heavy atom. The van der Waals surface area contributed by atoms with E-state index in [9.17, 15) is 4.79 Å². The zero-order valence-electron chi connectivity index (χ0n) is 20.0. The Morgan fingerprint density at radius 3 is 1.85 bits per heavy atom. The second kappa shape index (κ2) is 11.7. The van der Waals surface area contributed by atoms with Gasteiger partial charge in [0.1, 0.15) is 0 Å². The van der Waals surface area contributed by atoms with Crippen LogP contribution in [-0.4, -0.2) is 52.8 Å². The van der Waals surface area contributed by atoms with Crippen LogP contribution in [0.1, 0.15) is 63.5 Å². The van der Waals surface area contributed by atoms with Gasteiger partial charge < -0.3 is 15.1 Å². The topological polar surface area (TPSA) is 74.2 Å². The van der Waals surface area contributed by atoms with Gasteiger partial charge in [-0.15, -0.1) is 0 Å². The minimum Gasteiger partial charge on any atom is -0.341 e. The van der Waals surface area contributed by atoms with Gasteiger partial charge in [-0.05, 0) is 62.5 Å². The number of anilines is 3. The summed E-state index contributed by atoms with van der Waals surface area (Å²) in [4.78, 5) is 31.8. The molecule has 0 spiro atoms. The highest BCUT2D eigenvalue weighted by atomic mass is 32.2. The van der Waals surface area contributed by atoms with Gasteiger partial charge in [0.2, 0.25) is 17.8 Å². The van der Waals surface area contributed by atoms with E-state index >= 15 is 0 Å². The van der Waals surface area contributed by atoms with E-state index in [1.54, 1.807) is 0 Å². The summed E-state index contributed by atoms with van der Waals surface area (Å²) in [5, 5.41) is 3.80. The SMILES string of the molecule is CCc1cccc(CC)c1NC(=O)CSc1nc(N2CCCCC2)nc(N2CCCCC2)n1. The maximum Gasteiger partial charge on any atom is 0.234 e. The third-order valence-corrected chi connectivity index (χ3v) is 7.31. The van der Waals surface area contributed by atoms with Gasteiger partial charge >= 0.3 is 0 Å². The van der Waals surface area contributed by atoms with Gasteiger partial charge in [0, 0.05) is 31.9 Å². The van der Waals surface area contributed by atoms with Crippen LogP contribution in [0.2, 0.25) is 0 Å². The summed E-state index contributed by atoms with van der Waals surface area (Å²) in [5.41, 5.74) is 3.31. The molecule has 0 bridgehead atoms. The normalized spacial score (nSPS) is 16.7. The summed E-state index contributed by atoms with van der Waals surface area (Å²) >= 11 is 1.40. The fourth-order valence-corrected chi connectivity index (χ4v) is 5.20. The standard InChI is InChI=1S/C25H36N6OS/c1-3-19-12-11-13-20(4-2)22(19)26-21(32)18-33-25-28-23(30-14-7-5-8-15-30)27-24(29-25)31-16-9-6-10-17-31/h11-13H,3-10,14-18H2,1-2H3,(H,26,32). The van der Waals surface area contributed by atoms with Crippen LogP contribution in [0.15, 0.2) is 23.4 Å². The van der Waals surface area contributed by atoms with Crippen molar-refractivity contribution in [1.82, 2.24) is 15.0 Å². The number of carbonyl (C=O) groups is 1. The second-order valence-electron chi connectivity index (χ2n) is 8.81. The fraction of sp³-hybridized carbons (Fsp3) is 0.600. The molecule has 0 aliphatic carbocycles. The number of hydrogen-bond donors (Lipinski definition) is 1. The Hall–Kier alpha value is -2.35. The van der Waals surface area contributed by atoms with E-state index in [-0.39, 0.29) is 11.7 Å². The van der Waals surface area contributed by atoms with Gasteiger partial charge in [0.05, 0.1) is 5.75 Å². The van der Waals surface area contributed by atoms with Gasteiger partial charge in [-0.2, -0.15) is 15.0 Å². The lowest BCUT2D eigenvalue weighted by Crippen LogP contribution is -2.34. The molecular weight excluding hydrogens is 432 g/mol. The van der Waals surface area contributed by atoms with E-state index in [1.807, 2.05) is 0 Å². The van der Waals surface area contributed by atoms with Gasteiger partial charge in [0.15, 0.2) is 5.16 Å². The molecule has 0 saturated carbocycles. The van der Waals surface area contributed by atoms with Crippen molar-refractivity contribution in [3.8, 4) is 0 Å². The number of hydrogen-bond acceptors (Lipinski definition) is 7. The Morgan fingerprint density at radius 1 is 0.848 bits per heavy atom.